The molecular formula is C18H13N3O4. The number of ketones is 2. The van der Waals surface area contributed by atoms with Gasteiger partial charge in [0.2, 0.25) is 0 Å². The zero-order valence-electron chi connectivity index (χ0n) is 13.2. The van der Waals surface area contributed by atoms with Crippen molar-refractivity contribution in [1.29, 1.82) is 0 Å². The van der Waals surface area contributed by atoms with E-state index < -0.39 is 10.8 Å². The Balaban J connectivity index is 1.77. The normalized spacial score (nSPS) is 15.0. The number of hydrogen-bond donors (Lipinski definition) is 0. The molecule has 0 saturated carbocycles. The van der Waals surface area contributed by atoms with Crippen molar-refractivity contribution in [1.82, 2.24) is 0 Å². The van der Waals surface area contributed by atoms with Gasteiger partial charge in [0.15, 0.2) is 11.6 Å². The summed E-state index contributed by atoms with van der Waals surface area (Å²) in [5, 5.41) is 18.4. The summed E-state index contributed by atoms with van der Waals surface area (Å²) in [5.74, 6) is -1.48. The smallest absolute Gasteiger partial charge is 0.269 e. The van der Waals surface area contributed by atoms with Gasteiger partial charge < -0.3 is 0 Å². The maximum atomic E-state index is 12.4. The maximum absolute atomic E-state index is 12.4. The Bertz CT molecular complexity index is 895. The van der Waals surface area contributed by atoms with E-state index in [1.807, 2.05) is 0 Å². The molecule has 0 radical (unpaired) electrons. The lowest BCUT2D eigenvalue weighted by molar-refractivity contribution is -0.384. The Morgan fingerprint density at radius 1 is 1.04 bits per heavy atom. The van der Waals surface area contributed by atoms with Gasteiger partial charge in [0.1, 0.15) is 5.92 Å². The van der Waals surface area contributed by atoms with Gasteiger partial charge in [0.05, 0.1) is 16.8 Å². The van der Waals surface area contributed by atoms with Crippen molar-refractivity contribution < 1.29 is 14.5 Å². The number of nitrogens with zero attached hydrogens (tertiary/aromatic N) is 3. The molecule has 0 fully saturated rings. The maximum Gasteiger partial charge on any atom is 0.269 e. The SMILES string of the molecule is CC(=NN=Cc1ccc([N+](=O)[O-])cc1)C1C(=O)c2ccccc2C1=O. The van der Waals surface area contributed by atoms with Gasteiger partial charge >= 0.3 is 0 Å². The third-order valence-electron chi connectivity index (χ3n) is 3.93. The summed E-state index contributed by atoms with van der Waals surface area (Å²) in [6.45, 7) is 1.58. The van der Waals surface area contributed by atoms with E-state index in [1.165, 1.54) is 30.5 Å². The highest BCUT2D eigenvalue weighted by atomic mass is 16.6. The van der Waals surface area contributed by atoms with E-state index in [-0.39, 0.29) is 17.3 Å². The molecule has 0 aliphatic heterocycles. The number of nitro benzene ring substituents is 1. The number of benzene rings is 2. The van der Waals surface area contributed by atoms with Gasteiger partial charge in [-0.2, -0.15) is 10.2 Å². The van der Waals surface area contributed by atoms with E-state index in [2.05, 4.69) is 10.2 Å². The molecule has 0 bridgehead atoms. The molecule has 2 aromatic rings. The van der Waals surface area contributed by atoms with E-state index >= 15 is 0 Å². The second-order valence-corrected chi connectivity index (χ2v) is 5.54. The molecule has 25 heavy (non-hydrogen) atoms. The average molecular weight is 335 g/mol. The number of fused-ring (bicyclic) bond motifs is 1. The van der Waals surface area contributed by atoms with Gasteiger partial charge in [0.25, 0.3) is 5.69 Å². The zero-order valence-corrected chi connectivity index (χ0v) is 13.2. The summed E-state index contributed by atoms with van der Waals surface area (Å²) in [4.78, 5) is 34.8. The Morgan fingerprint density at radius 2 is 1.60 bits per heavy atom. The molecular weight excluding hydrogens is 322 g/mol. The van der Waals surface area contributed by atoms with E-state index in [0.717, 1.165) is 0 Å². The number of rotatable bonds is 4. The van der Waals surface area contributed by atoms with Crippen molar-refractivity contribution in [2.45, 2.75) is 6.92 Å². The second-order valence-electron chi connectivity index (χ2n) is 5.54. The van der Waals surface area contributed by atoms with Crippen molar-refractivity contribution in [3.05, 3.63) is 75.3 Å². The Labute approximate surface area is 142 Å². The first-order valence-corrected chi connectivity index (χ1v) is 7.48. The molecule has 0 aromatic heterocycles. The minimum absolute atomic E-state index is 0.0169. The second kappa shape index (κ2) is 6.56. The van der Waals surface area contributed by atoms with Crippen LogP contribution in [0.1, 0.15) is 33.2 Å². The van der Waals surface area contributed by atoms with Gasteiger partial charge in [-0.25, -0.2) is 0 Å². The molecule has 0 heterocycles. The molecule has 1 aliphatic rings. The quantitative estimate of drug-likeness (QED) is 0.371. The van der Waals surface area contributed by atoms with Gasteiger partial charge in [-0.3, -0.25) is 19.7 Å². The lowest BCUT2D eigenvalue weighted by atomic mass is 9.99. The molecule has 7 heteroatoms. The fourth-order valence-electron chi connectivity index (χ4n) is 2.65. The molecule has 0 spiro atoms. The van der Waals surface area contributed by atoms with Crippen LogP contribution in [0.5, 0.6) is 0 Å². The van der Waals surface area contributed by atoms with Crippen molar-refractivity contribution in [2.75, 3.05) is 0 Å². The van der Waals surface area contributed by atoms with E-state index in [0.29, 0.717) is 22.4 Å². The van der Waals surface area contributed by atoms with Crippen molar-refractivity contribution in [3.63, 3.8) is 0 Å². The van der Waals surface area contributed by atoms with E-state index in [4.69, 9.17) is 0 Å². The van der Waals surface area contributed by atoms with Crippen LogP contribution in [0.4, 0.5) is 5.69 Å². The standard InChI is InChI=1S/C18H13N3O4/c1-11(16-17(22)14-4-2-3-5-15(14)18(16)23)20-19-10-12-6-8-13(9-7-12)21(24)25/h2-10,16H,1H3. The monoisotopic (exact) mass is 335 g/mol. The van der Waals surface area contributed by atoms with Gasteiger partial charge in [-0.1, -0.05) is 24.3 Å². The lowest BCUT2D eigenvalue weighted by Crippen LogP contribution is -2.23. The Morgan fingerprint density at radius 3 is 2.12 bits per heavy atom. The molecule has 124 valence electrons. The van der Waals surface area contributed by atoms with Crippen LogP contribution >= 0.6 is 0 Å². The third-order valence-corrected chi connectivity index (χ3v) is 3.93. The predicted molar refractivity (Wildman–Crippen MR) is 92.4 cm³/mol. The number of carbonyl (C=O) groups is 2. The topological polar surface area (TPSA) is 102 Å². The summed E-state index contributed by atoms with van der Waals surface area (Å²) in [6, 6.07) is 12.5. The van der Waals surface area contributed by atoms with Crippen LogP contribution in [-0.4, -0.2) is 28.4 Å². The average Bonchev–Trinajstić information content (AvgIpc) is 2.87. The summed E-state index contributed by atoms with van der Waals surface area (Å²) in [7, 11) is 0. The Hall–Kier alpha value is -3.48. The van der Waals surface area contributed by atoms with Crippen molar-refractivity contribution in [2.24, 2.45) is 16.1 Å². The third kappa shape index (κ3) is 3.12. The highest BCUT2D eigenvalue weighted by Crippen LogP contribution is 2.27. The molecule has 2 aromatic carbocycles. The van der Waals surface area contributed by atoms with Gasteiger partial charge in [0, 0.05) is 23.3 Å². The van der Waals surface area contributed by atoms with Crippen LogP contribution in [0.2, 0.25) is 0 Å². The lowest BCUT2D eigenvalue weighted by Gasteiger charge is -2.03. The van der Waals surface area contributed by atoms with E-state index in [9.17, 15) is 19.7 Å². The van der Waals surface area contributed by atoms with E-state index in [1.54, 1.807) is 31.2 Å². The fraction of sp³-hybridized carbons (Fsp3) is 0.111. The van der Waals surface area contributed by atoms with Crippen molar-refractivity contribution >= 4 is 29.2 Å². The summed E-state index contributed by atoms with van der Waals surface area (Å²) in [6.07, 6.45) is 1.41. The molecule has 0 N–H and O–H groups in total. The molecule has 0 saturated heterocycles. The summed E-state index contributed by atoms with van der Waals surface area (Å²) >= 11 is 0. The molecule has 0 amide bonds. The number of Topliss-reactive ketones (excluding diaryl/α,β-unsaturated/α-hetero) is 2. The molecule has 7 nitrogen and oxygen atoms in total. The molecule has 3 rings (SSSR count). The van der Waals surface area contributed by atoms with Crippen LogP contribution in [-0.2, 0) is 0 Å². The Kier molecular flexibility index (Phi) is 4.30. The first kappa shape index (κ1) is 16.4. The van der Waals surface area contributed by atoms with Gasteiger partial charge in [-0.15, -0.1) is 0 Å². The number of hydrogen-bond acceptors (Lipinski definition) is 6. The van der Waals surface area contributed by atoms with Crippen LogP contribution in [0.3, 0.4) is 0 Å². The first-order chi connectivity index (χ1) is 12.0. The summed E-state index contributed by atoms with van der Waals surface area (Å²) < 4.78 is 0. The molecule has 1 aliphatic carbocycles. The molecule has 0 atom stereocenters. The van der Waals surface area contributed by atoms with Crippen molar-refractivity contribution in [3.8, 4) is 0 Å². The molecule has 0 unspecified atom stereocenters. The first-order valence-electron chi connectivity index (χ1n) is 7.48. The summed E-state index contributed by atoms with van der Waals surface area (Å²) in [5.41, 5.74) is 1.73. The number of non-ortho nitro benzene ring substituents is 1. The van der Waals surface area contributed by atoms with Gasteiger partial charge in [-0.05, 0) is 24.6 Å². The van der Waals surface area contributed by atoms with Crippen LogP contribution in [0.25, 0.3) is 0 Å². The number of carbonyl (C=O) groups excluding carboxylic acids is 2. The minimum atomic E-state index is -0.939. The highest BCUT2D eigenvalue weighted by Gasteiger charge is 2.40. The van der Waals surface area contributed by atoms with Crippen LogP contribution in [0, 0.1) is 16.0 Å². The minimum Gasteiger partial charge on any atom is -0.293 e. The fourth-order valence-corrected chi connectivity index (χ4v) is 2.65. The zero-order chi connectivity index (χ0) is 18.0. The largest absolute Gasteiger partial charge is 0.293 e. The highest BCUT2D eigenvalue weighted by molar-refractivity contribution is 6.36. The van der Waals surface area contributed by atoms with Crippen LogP contribution in [0.15, 0.2) is 58.7 Å². The number of nitro groups is 1. The van der Waals surface area contributed by atoms with Crippen LogP contribution < -0.4 is 0 Å². The predicted octanol–water partition coefficient (Wildman–Crippen LogP) is 3.09.